The van der Waals surface area contributed by atoms with Gasteiger partial charge in [0.15, 0.2) is 0 Å². The minimum absolute atomic E-state index is 0.333. The van der Waals surface area contributed by atoms with Gasteiger partial charge in [0.2, 0.25) is 0 Å². The van der Waals surface area contributed by atoms with E-state index in [2.05, 4.69) is 4.84 Å². The largest absolute Gasteiger partial charge is 0.487 e. The Morgan fingerprint density at radius 1 is 1.05 bits per heavy atom. The fourth-order valence-corrected chi connectivity index (χ4v) is 2.24. The van der Waals surface area contributed by atoms with E-state index in [4.69, 9.17) is 22.2 Å². The van der Waals surface area contributed by atoms with Gasteiger partial charge in [-0.05, 0) is 35.7 Å². The van der Waals surface area contributed by atoms with Crippen LogP contribution < -0.4 is 10.6 Å². The van der Waals surface area contributed by atoms with E-state index in [0.29, 0.717) is 24.0 Å². The maximum atomic E-state index is 6.22. The number of hydrogen-bond acceptors (Lipinski definition) is 3. The highest BCUT2D eigenvalue weighted by Gasteiger charge is 2.08. The van der Waals surface area contributed by atoms with Crippen molar-refractivity contribution in [1.29, 1.82) is 0 Å². The van der Waals surface area contributed by atoms with E-state index in [1.165, 1.54) is 0 Å². The predicted molar refractivity (Wildman–Crippen MR) is 75.9 cm³/mol. The lowest BCUT2D eigenvalue weighted by atomic mass is 10.1. The highest BCUT2D eigenvalue weighted by atomic mass is 35.5. The summed E-state index contributed by atoms with van der Waals surface area (Å²) in [6.45, 7) is 2.78. The number of benzene rings is 2. The summed E-state index contributed by atoms with van der Waals surface area (Å²) >= 11 is 6.22. The first-order valence-electron chi connectivity index (χ1n) is 5.98. The Labute approximate surface area is 117 Å². The van der Waals surface area contributed by atoms with Gasteiger partial charge in [-0.2, -0.15) is 0 Å². The number of hydrogen-bond donors (Lipinski definition) is 1. The molecule has 4 heteroatoms. The molecule has 3 nitrogen and oxygen atoms in total. The van der Waals surface area contributed by atoms with Gasteiger partial charge in [0.1, 0.15) is 12.4 Å². The number of aryl methyl sites for hydroxylation is 1. The molecule has 0 fully saturated rings. The van der Waals surface area contributed by atoms with Gasteiger partial charge in [-0.15, -0.1) is 0 Å². The highest BCUT2D eigenvalue weighted by Crippen LogP contribution is 2.30. The Bertz CT molecular complexity index is 520. The monoisotopic (exact) mass is 277 g/mol. The summed E-state index contributed by atoms with van der Waals surface area (Å²) in [5, 5.41) is 0.572. The van der Waals surface area contributed by atoms with Crippen LogP contribution >= 0.6 is 11.6 Å². The molecular weight excluding hydrogens is 262 g/mol. The smallest absolute Gasteiger partial charge is 0.141 e. The Morgan fingerprint density at radius 3 is 2.42 bits per heavy atom. The molecule has 0 radical (unpaired) electrons. The van der Waals surface area contributed by atoms with E-state index < -0.39 is 0 Å². The normalized spacial score (nSPS) is 10.5. The average Bonchev–Trinajstić information content (AvgIpc) is 2.39. The molecule has 0 aliphatic rings. The molecule has 0 bridgehead atoms. The second-order valence-corrected chi connectivity index (χ2v) is 4.72. The predicted octanol–water partition coefficient (Wildman–Crippen LogP) is 3.62. The molecular formula is C15H16ClNO2. The fraction of sp³-hybridized carbons (Fsp3) is 0.200. The zero-order chi connectivity index (χ0) is 13.7. The van der Waals surface area contributed by atoms with Gasteiger partial charge in [0, 0.05) is 0 Å². The number of nitrogens with two attached hydrogens (primary N) is 1. The van der Waals surface area contributed by atoms with Gasteiger partial charge >= 0.3 is 0 Å². The van der Waals surface area contributed by atoms with Gasteiger partial charge in [-0.25, -0.2) is 5.90 Å². The molecule has 0 aromatic heterocycles. The zero-order valence-electron chi connectivity index (χ0n) is 10.7. The van der Waals surface area contributed by atoms with Gasteiger partial charge in [0.25, 0.3) is 0 Å². The Hall–Kier alpha value is -1.55. The van der Waals surface area contributed by atoms with Gasteiger partial charge in [-0.1, -0.05) is 41.9 Å². The van der Waals surface area contributed by atoms with Crippen molar-refractivity contribution >= 4 is 11.6 Å². The SMILES string of the molecule is Cc1cc(CON)cc(Cl)c1OCc1ccccc1. The van der Waals surface area contributed by atoms with E-state index in [9.17, 15) is 0 Å². The quantitative estimate of drug-likeness (QED) is 0.849. The van der Waals surface area contributed by atoms with Crippen molar-refractivity contribution < 1.29 is 9.57 Å². The van der Waals surface area contributed by atoms with Crippen LogP contribution in [0.25, 0.3) is 0 Å². The standard InChI is InChI=1S/C15H16ClNO2/c1-11-7-13(10-19-17)8-14(16)15(11)18-9-12-5-3-2-4-6-12/h2-8H,9-10,17H2,1H3. The molecule has 0 saturated heterocycles. The lowest BCUT2D eigenvalue weighted by molar-refractivity contribution is 0.124. The molecule has 0 saturated carbocycles. The molecule has 19 heavy (non-hydrogen) atoms. The number of ether oxygens (including phenoxy) is 1. The van der Waals surface area contributed by atoms with E-state index in [1.54, 1.807) is 0 Å². The van der Waals surface area contributed by atoms with Crippen LogP contribution in [0, 0.1) is 6.92 Å². The van der Waals surface area contributed by atoms with Crippen molar-refractivity contribution in [2.24, 2.45) is 5.90 Å². The molecule has 2 aromatic carbocycles. The van der Waals surface area contributed by atoms with Gasteiger partial charge in [0.05, 0.1) is 11.6 Å². The van der Waals surface area contributed by atoms with Crippen LogP contribution in [0.1, 0.15) is 16.7 Å². The molecule has 2 N–H and O–H groups in total. The molecule has 0 aliphatic carbocycles. The maximum absolute atomic E-state index is 6.22. The Balaban J connectivity index is 2.12. The van der Waals surface area contributed by atoms with Crippen LogP contribution in [0.4, 0.5) is 0 Å². The van der Waals surface area contributed by atoms with Crippen LogP contribution in [0.15, 0.2) is 42.5 Å². The summed E-state index contributed by atoms with van der Waals surface area (Å²) in [7, 11) is 0. The van der Waals surface area contributed by atoms with Crippen molar-refractivity contribution in [3.05, 3.63) is 64.2 Å². The lowest BCUT2D eigenvalue weighted by Crippen LogP contribution is -2.01. The van der Waals surface area contributed by atoms with Gasteiger partial charge in [-0.3, -0.25) is 4.84 Å². The molecule has 0 atom stereocenters. The first-order chi connectivity index (χ1) is 9.20. The summed E-state index contributed by atoms with van der Waals surface area (Å²) in [6, 6.07) is 13.7. The Morgan fingerprint density at radius 2 is 1.79 bits per heavy atom. The van der Waals surface area contributed by atoms with Crippen molar-refractivity contribution in [3.8, 4) is 5.75 Å². The summed E-state index contributed by atoms with van der Waals surface area (Å²) in [6.07, 6.45) is 0. The minimum atomic E-state index is 0.333. The van der Waals surface area contributed by atoms with Crippen LogP contribution in [0.3, 0.4) is 0 Å². The van der Waals surface area contributed by atoms with Crippen LogP contribution in [-0.2, 0) is 18.1 Å². The summed E-state index contributed by atoms with van der Waals surface area (Å²) in [4.78, 5) is 4.61. The van der Waals surface area contributed by atoms with Crippen molar-refractivity contribution in [3.63, 3.8) is 0 Å². The van der Waals surface area contributed by atoms with E-state index in [-0.39, 0.29) is 0 Å². The third-order valence-electron chi connectivity index (χ3n) is 2.77. The summed E-state index contributed by atoms with van der Waals surface area (Å²) < 4.78 is 5.78. The molecule has 0 unspecified atom stereocenters. The zero-order valence-corrected chi connectivity index (χ0v) is 11.5. The van der Waals surface area contributed by atoms with Crippen molar-refractivity contribution in [1.82, 2.24) is 0 Å². The van der Waals surface area contributed by atoms with Crippen molar-refractivity contribution in [2.45, 2.75) is 20.1 Å². The second-order valence-electron chi connectivity index (χ2n) is 4.31. The molecule has 0 aliphatic heterocycles. The average molecular weight is 278 g/mol. The van der Waals surface area contributed by atoms with Crippen LogP contribution in [-0.4, -0.2) is 0 Å². The van der Waals surface area contributed by atoms with E-state index in [0.717, 1.165) is 16.7 Å². The third kappa shape index (κ3) is 3.70. The Kier molecular flexibility index (Phi) is 4.80. The number of rotatable bonds is 5. The topological polar surface area (TPSA) is 44.5 Å². The first kappa shape index (κ1) is 13.9. The summed E-state index contributed by atoms with van der Waals surface area (Å²) in [5.41, 5.74) is 3.00. The van der Waals surface area contributed by atoms with Crippen LogP contribution in [0.2, 0.25) is 5.02 Å². The summed E-state index contributed by atoms with van der Waals surface area (Å²) in [5.74, 6) is 5.76. The molecule has 0 spiro atoms. The third-order valence-corrected chi connectivity index (χ3v) is 3.05. The second kappa shape index (κ2) is 6.57. The fourth-order valence-electron chi connectivity index (χ4n) is 1.89. The molecule has 2 aromatic rings. The first-order valence-corrected chi connectivity index (χ1v) is 6.36. The van der Waals surface area contributed by atoms with E-state index >= 15 is 0 Å². The molecule has 0 heterocycles. The minimum Gasteiger partial charge on any atom is -0.487 e. The maximum Gasteiger partial charge on any atom is 0.141 e. The highest BCUT2D eigenvalue weighted by molar-refractivity contribution is 6.32. The van der Waals surface area contributed by atoms with Gasteiger partial charge < -0.3 is 4.74 Å². The molecule has 0 amide bonds. The van der Waals surface area contributed by atoms with Crippen LogP contribution in [0.5, 0.6) is 5.75 Å². The number of halogens is 1. The van der Waals surface area contributed by atoms with Crippen molar-refractivity contribution in [2.75, 3.05) is 0 Å². The molecule has 2 rings (SSSR count). The lowest BCUT2D eigenvalue weighted by Gasteiger charge is -2.12. The molecule has 100 valence electrons. The van der Waals surface area contributed by atoms with E-state index in [1.807, 2.05) is 49.4 Å².